The highest BCUT2D eigenvalue weighted by Gasteiger charge is 2.37. The first-order valence-corrected chi connectivity index (χ1v) is 6.53. The van der Waals surface area contributed by atoms with Crippen molar-refractivity contribution >= 4 is 12.0 Å². The van der Waals surface area contributed by atoms with Crippen molar-refractivity contribution in [3.63, 3.8) is 0 Å². The number of carboxylic acid groups (broad SMARTS) is 1. The lowest BCUT2D eigenvalue weighted by atomic mass is 9.87. The van der Waals surface area contributed by atoms with Crippen molar-refractivity contribution in [1.82, 2.24) is 10.2 Å². The van der Waals surface area contributed by atoms with Crippen molar-refractivity contribution in [2.75, 3.05) is 19.6 Å². The first kappa shape index (κ1) is 16.6. The number of halogens is 3. The number of likely N-dealkylation sites (tertiary alicyclic amines) is 1. The number of urea groups is 1. The van der Waals surface area contributed by atoms with Crippen LogP contribution in [0.3, 0.4) is 0 Å². The topological polar surface area (TPSA) is 69.6 Å². The molecule has 1 unspecified atom stereocenters. The minimum absolute atomic E-state index is 0.0115. The zero-order chi connectivity index (χ0) is 15.3. The number of carbonyl (C=O) groups excluding carboxylic acids is 1. The summed E-state index contributed by atoms with van der Waals surface area (Å²) in [6.45, 7) is 2.55. The molecule has 20 heavy (non-hydrogen) atoms. The predicted molar refractivity (Wildman–Crippen MR) is 65.2 cm³/mol. The largest absolute Gasteiger partial charge is 0.481 e. The Balaban J connectivity index is 2.10. The normalized spacial score (nSPS) is 17.5. The highest BCUT2D eigenvalue weighted by Crippen LogP contribution is 2.24. The zero-order valence-corrected chi connectivity index (χ0v) is 11.2. The second-order valence-electron chi connectivity index (χ2n) is 5.10. The van der Waals surface area contributed by atoms with E-state index in [2.05, 4.69) is 5.32 Å². The summed E-state index contributed by atoms with van der Waals surface area (Å²) in [6, 6.07) is -0.342. The number of nitrogens with zero attached hydrogens (tertiary/aromatic N) is 1. The van der Waals surface area contributed by atoms with Gasteiger partial charge in [0.2, 0.25) is 0 Å². The first-order chi connectivity index (χ1) is 9.20. The van der Waals surface area contributed by atoms with E-state index in [0.29, 0.717) is 13.1 Å². The molecular formula is C12H19F3N2O3. The number of carboxylic acids is 1. The molecule has 1 aliphatic heterocycles. The van der Waals surface area contributed by atoms with Gasteiger partial charge in [-0.3, -0.25) is 4.79 Å². The quantitative estimate of drug-likeness (QED) is 0.737. The van der Waals surface area contributed by atoms with Gasteiger partial charge in [-0.05, 0) is 12.8 Å². The van der Waals surface area contributed by atoms with Crippen LogP contribution in [0.15, 0.2) is 0 Å². The van der Waals surface area contributed by atoms with Crippen LogP contribution in [0.2, 0.25) is 0 Å². The Morgan fingerprint density at radius 2 is 1.95 bits per heavy atom. The van der Waals surface area contributed by atoms with Crippen LogP contribution in [0.5, 0.6) is 0 Å². The van der Waals surface area contributed by atoms with Gasteiger partial charge >= 0.3 is 18.2 Å². The molecule has 116 valence electrons. The van der Waals surface area contributed by atoms with Crippen LogP contribution in [-0.4, -0.2) is 47.8 Å². The fourth-order valence-electron chi connectivity index (χ4n) is 1.95. The van der Waals surface area contributed by atoms with Gasteiger partial charge < -0.3 is 15.3 Å². The average Bonchev–Trinajstić information content (AvgIpc) is 2.24. The lowest BCUT2D eigenvalue weighted by Gasteiger charge is -2.41. The zero-order valence-electron chi connectivity index (χ0n) is 11.2. The lowest BCUT2D eigenvalue weighted by Crippen LogP contribution is -2.56. The summed E-state index contributed by atoms with van der Waals surface area (Å²) in [4.78, 5) is 23.8. The van der Waals surface area contributed by atoms with Gasteiger partial charge in [-0.25, -0.2) is 4.79 Å². The number of alkyl halides is 3. The van der Waals surface area contributed by atoms with Crippen molar-refractivity contribution in [2.45, 2.75) is 32.4 Å². The van der Waals surface area contributed by atoms with Crippen molar-refractivity contribution < 1.29 is 27.9 Å². The summed E-state index contributed by atoms with van der Waals surface area (Å²) >= 11 is 0. The molecule has 0 aromatic heterocycles. The maximum absolute atomic E-state index is 11.9. The highest BCUT2D eigenvalue weighted by atomic mass is 19.4. The molecule has 0 aromatic carbocycles. The second kappa shape index (κ2) is 6.81. The number of hydrogen-bond acceptors (Lipinski definition) is 2. The number of rotatable bonds is 6. The van der Waals surface area contributed by atoms with E-state index in [-0.39, 0.29) is 31.3 Å². The SMILES string of the molecule is CC(C(=O)O)C1CN(C(=O)NCCCCC(F)(F)F)C1. The summed E-state index contributed by atoms with van der Waals surface area (Å²) < 4.78 is 35.6. The van der Waals surface area contributed by atoms with E-state index < -0.39 is 24.5 Å². The number of aliphatic carboxylic acids is 1. The molecule has 2 amide bonds. The van der Waals surface area contributed by atoms with E-state index in [9.17, 15) is 22.8 Å². The minimum Gasteiger partial charge on any atom is -0.481 e. The van der Waals surface area contributed by atoms with Crippen LogP contribution < -0.4 is 5.32 Å². The molecule has 1 atom stereocenters. The molecule has 1 aliphatic rings. The van der Waals surface area contributed by atoms with Gasteiger partial charge in [0.25, 0.3) is 0 Å². The molecule has 0 saturated carbocycles. The van der Waals surface area contributed by atoms with E-state index >= 15 is 0 Å². The van der Waals surface area contributed by atoms with E-state index in [1.807, 2.05) is 0 Å². The van der Waals surface area contributed by atoms with E-state index in [1.165, 1.54) is 4.90 Å². The smallest absolute Gasteiger partial charge is 0.389 e. The standard InChI is InChI=1S/C12H19F3N2O3/c1-8(10(18)19)9-6-17(7-9)11(20)16-5-3-2-4-12(13,14)15/h8-9H,2-7H2,1H3,(H,16,20)(H,18,19). The summed E-state index contributed by atoms with van der Waals surface area (Å²) in [5, 5.41) is 11.3. The summed E-state index contributed by atoms with van der Waals surface area (Å²) in [5.41, 5.74) is 0. The number of amides is 2. The molecule has 1 saturated heterocycles. The van der Waals surface area contributed by atoms with Gasteiger partial charge in [-0.1, -0.05) is 6.92 Å². The lowest BCUT2D eigenvalue weighted by molar-refractivity contribution is -0.144. The van der Waals surface area contributed by atoms with Crippen LogP contribution in [0, 0.1) is 11.8 Å². The molecule has 0 aromatic rings. The molecule has 0 aliphatic carbocycles. The highest BCUT2D eigenvalue weighted by molar-refractivity contribution is 5.76. The molecule has 2 N–H and O–H groups in total. The van der Waals surface area contributed by atoms with E-state index in [4.69, 9.17) is 5.11 Å². The van der Waals surface area contributed by atoms with Gasteiger partial charge in [0.1, 0.15) is 0 Å². The molecule has 0 radical (unpaired) electrons. The molecular weight excluding hydrogens is 277 g/mol. The van der Waals surface area contributed by atoms with Gasteiger partial charge in [0.05, 0.1) is 5.92 Å². The Labute approximate surface area is 115 Å². The second-order valence-corrected chi connectivity index (χ2v) is 5.10. The molecule has 0 bridgehead atoms. The monoisotopic (exact) mass is 296 g/mol. The van der Waals surface area contributed by atoms with Crippen molar-refractivity contribution in [3.05, 3.63) is 0 Å². The Morgan fingerprint density at radius 1 is 1.35 bits per heavy atom. The Morgan fingerprint density at radius 3 is 2.45 bits per heavy atom. The molecule has 1 fully saturated rings. The fourth-order valence-corrected chi connectivity index (χ4v) is 1.95. The summed E-state index contributed by atoms with van der Waals surface area (Å²) in [7, 11) is 0. The number of hydrogen-bond donors (Lipinski definition) is 2. The van der Waals surface area contributed by atoms with E-state index in [1.54, 1.807) is 6.92 Å². The van der Waals surface area contributed by atoms with Gasteiger partial charge in [0.15, 0.2) is 0 Å². The molecule has 5 nitrogen and oxygen atoms in total. The minimum atomic E-state index is -4.15. The van der Waals surface area contributed by atoms with E-state index in [0.717, 1.165) is 0 Å². The Kier molecular flexibility index (Phi) is 5.64. The van der Waals surface area contributed by atoms with Crippen LogP contribution >= 0.6 is 0 Å². The molecule has 1 rings (SSSR count). The van der Waals surface area contributed by atoms with Crippen LogP contribution in [-0.2, 0) is 4.79 Å². The third kappa shape index (κ3) is 5.26. The third-order valence-corrected chi connectivity index (χ3v) is 3.46. The van der Waals surface area contributed by atoms with Gasteiger partial charge in [-0.15, -0.1) is 0 Å². The molecule has 1 heterocycles. The van der Waals surface area contributed by atoms with Crippen molar-refractivity contribution in [2.24, 2.45) is 11.8 Å². The number of unbranched alkanes of at least 4 members (excludes halogenated alkanes) is 1. The van der Waals surface area contributed by atoms with Crippen LogP contribution in [0.1, 0.15) is 26.2 Å². The molecule has 0 spiro atoms. The average molecular weight is 296 g/mol. The summed E-state index contributed by atoms with van der Waals surface area (Å²) in [5.74, 6) is -1.43. The fraction of sp³-hybridized carbons (Fsp3) is 0.833. The predicted octanol–water partition coefficient (Wildman–Crippen LogP) is 2.08. The Bertz CT molecular complexity index is 354. The maximum Gasteiger partial charge on any atom is 0.389 e. The van der Waals surface area contributed by atoms with Gasteiger partial charge in [0, 0.05) is 32.0 Å². The van der Waals surface area contributed by atoms with Crippen LogP contribution in [0.25, 0.3) is 0 Å². The number of nitrogens with one attached hydrogen (secondary N) is 1. The first-order valence-electron chi connectivity index (χ1n) is 6.53. The van der Waals surface area contributed by atoms with Gasteiger partial charge in [-0.2, -0.15) is 13.2 Å². The summed E-state index contributed by atoms with van der Waals surface area (Å²) in [6.07, 6.45) is -4.73. The number of carbonyl (C=O) groups is 2. The maximum atomic E-state index is 11.9. The third-order valence-electron chi connectivity index (χ3n) is 3.46. The Hall–Kier alpha value is -1.47. The molecule has 8 heteroatoms. The van der Waals surface area contributed by atoms with Crippen molar-refractivity contribution in [3.8, 4) is 0 Å². The van der Waals surface area contributed by atoms with Crippen LogP contribution in [0.4, 0.5) is 18.0 Å². The van der Waals surface area contributed by atoms with Crippen molar-refractivity contribution in [1.29, 1.82) is 0 Å².